The summed E-state index contributed by atoms with van der Waals surface area (Å²) in [6, 6.07) is 6.84. The number of nitrogens with one attached hydrogen (secondary N) is 1. The van der Waals surface area contributed by atoms with Crippen molar-refractivity contribution >= 4 is 21.6 Å². The molecule has 1 rings (SSSR count). The van der Waals surface area contributed by atoms with Gasteiger partial charge in [-0.3, -0.25) is 0 Å². The third kappa shape index (κ3) is 5.08. The summed E-state index contributed by atoms with van der Waals surface area (Å²) in [6.45, 7) is 9.37. The SMILES string of the molecule is CNC(C)c1ccc(Br)cc1N(CCOC)CC(C)C. The molecule has 0 fully saturated rings. The molecular formula is C16H27BrN2O. The van der Waals surface area contributed by atoms with Gasteiger partial charge in [0.25, 0.3) is 0 Å². The summed E-state index contributed by atoms with van der Waals surface area (Å²) >= 11 is 3.59. The average Bonchev–Trinajstić information content (AvgIpc) is 2.42. The van der Waals surface area contributed by atoms with Crippen LogP contribution in [0.2, 0.25) is 0 Å². The van der Waals surface area contributed by atoms with Gasteiger partial charge < -0.3 is 15.0 Å². The lowest BCUT2D eigenvalue weighted by molar-refractivity contribution is 0.204. The fourth-order valence-electron chi connectivity index (χ4n) is 2.26. The maximum absolute atomic E-state index is 5.26. The van der Waals surface area contributed by atoms with Crippen LogP contribution in [0.1, 0.15) is 32.4 Å². The van der Waals surface area contributed by atoms with Gasteiger partial charge in [0.2, 0.25) is 0 Å². The summed E-state index contributed by atoms with van der Waals surface area (Å²) in [4.78, 5) is 2.42. The Balaban J connectivity index is 3.11. The molecule has 20 heavy (non-hydrogen) atoms. The standard InChI is InChI=1S/C16H27BrN2O/c1-12(2)11-19(8-9-20-5)16-10-14(17)6-7-15(16)13(3)18-4/h6-7,10,12-13,18H,8-9,11H2,1-5H3. The van der Waals surface area contributed by atoms with Gasteiger partial charge in [0.1, 0.15) is 0 Å². The quantitative estimate of drug-likeness (QED) is 0.776. The molecule has 114 valence electrons. The van der Waals surface area contributed by atoms with Crippen molar-refractivity contribution in [3.63, 3.8) is 0 Å². The van der Waals surface area contributed by atoms with Crippen LogP contribution < -0.4 is 10.2 Å². The van der Waals surface area contributed by atoms with Gasteiger partial charge in [-0.15, -0.1) is 0 Å². The van der Waals surface area contributed by atoms with E-state index in [1.807, 2.05) is 7.05 Å². The zero-order valence-electron chi connectivity index (χ0n) is 13.2. The Bertz CT molecular complexity index is 409. The van der Waals surface area contributed by atoms with Crippen molar-refractivity contribution in [1.82, 2.24) is 5.32 Å². The molecule has 1 atom stereocenters. The first-order valence-corrected chi connectivity index (χ1v) is 7.99. The molecule has 0 spiro atoms. The van der Waals surface area contributed by atoms with Crippen molar-refractivity contribution in [1.29, 1.82) is 0 Å². The molecule has 0 heterocycles. The van der Waals surface area contributed by atoms with Gasteiger partial charge in [-0.2, -0.15) is 0 Å². The number of hydrogen-bond acceptors (Lipinski definition) is 3. The van der Waals surface area contributed by atoms with Crippen molar-refractivity contribution in [3.05, 3.63) is 28.2 Å². The Morgan fingerprint density at radius 3 is 2.55 bits per heavy atom. The van der Waals surface area contributed by atoms with E-state index in [0.29, 0.717) is 12.0 Å². The Kier molecular flexibility index (Phi) is 7.56. The molecule has 1 unspecified atom stereocenters. The molecule has 0 amide bonds. The van der Waals surface area contributed by atoms with E-state index in [2.05, 4.69) is 65.1 Å². The van der Waals surface area contributed by atoms with Crippen LogP contribution in [0.15, 0.2) is 22.7 Å². The molecule has 0 aromatic heterocycles. The topological polar surface area (TPSA) is 24.5 Å². The van der Waals surface area contributed by atoms with Crippen LogP contribution in [0.5, 0.6) is 0 Å². The number of ether oxygens (including phenoxy) is 1. The molecule has 0 radical (unpaired) electrons. The summed E-state index contributed by atoms with van der Waals surface area (Å²) in [6.07, 6.45) is 0. The number of benzene rings is 1. The lowest BCUT2D eigenvalue weighted by Crippen LogP contribution is -2.32. The van der Waals surface area contributed by atoms with Crippen molar-refractivity contribution in [3.8, 4) is 0 Å². The van der Waals surface area contributed by atoms with Crippen LogP contribution in [-0.2, 0) is 4.74 Å². The molecule has 0 saturated carbocycles. The highest BCUT2D eigenvalue weighted by molar-refractivity contribution is 9.10. The highest BCUT2D eigenvalue weighted by Crippen LogP contribution is 2.30. The molecule has 0 saturated heterocycles. The minimum atomic E-state index is 0.329. The van der Waals surface area contributed by atoms with E-state index in [1.54, 1.807) is 7.11 Å². The average molecular weight is 343 g/mol. The largest absolute Gasteiger partial charge is 0.383 e. The molecular weight excluding hydrogens is 316 g/mol. The summed E-state index contributed by atoms with van der Waals surface area (Å²) in [5, 5.41) is 3.33. The van der Waals surface area contributed by atoms with Gasteiger partial charge in [0, 0.05) is 36.4 Å². The second kappa shape index (κ2) is 8.65. The molecule has 0 bridgehead atoms. The van der Waals surface area contributed by atoms with E-state index in [0.717, 1.165) is 24.2 Å². The summed E-state index contributed by atoms with van der Waals surface area (Å²) in [5.41, 5.74) is 2.61. The number of halogens is 1. The predicted molar refractivity (Wildman–Crippen MR) is 90.5 cm³/mol. The van der Waals surface area contributed by atoms with E-state index < -0.39 is 0 Å². The third-order valence-electron chi connectivity index (χ3n) is 3.38. The van der Waals surface area contributed by atoms with Crippen LogP contribution in [0.4, 0.5) is 5.69 Å². The van der Waals surface area contributed by atoms with Crippen LogP contribution in [0.3, 0.4) is 0 Å². The summed E-state index contributed by atoms with van der Waals surface area (Å²) in [7, 11) is 3.75. The normalized spacial score (nSPS) is 12.8. The number of rotatable bonds is 8. The van der Waals surface area contributed by atoms with Gasteiger partial charge in [-0.25, -0.2) is 0 Å². The molecule has 3 nitrogen and oxygen atoms in total. The van der Waals surface area contributed by atoms with Gasteiger partial charge in [0.15, 0.2) is 0 Å². The Hall–Kier alpha value is -0.580. The van der Waals surface area contributed by atoms with Crippen molar-refractivity contribution in [2.24, 2.45) is 5.92 Å². The maximum Gasteiger partial charge on any atom is 0.0637 e. The first-order chi connectivity index (χ1) is 9.49. The Morgan fingerprint density at radius 2 is 2.00 bits per heavy atom. The van der Waals surface area contributed by atoms with E-state index in [4.69, 9.17) is 4.74 Å². The molecule has 0 aliphatic heterocycles. The van der Waals surface area contributed by atoms with Crippen molar-refractivity contribution in [2.75, 3.05) is 38.8 Å². The van der Waals surface area contributed by atoms with Crippen LogP contribution in [-0.4, -0.2) is 33.9 Å². The van der Waals surface area contributed by atoms with Crippen LogP contribution in [0, 0.1) is 5.92 Å². The second-order valence-electron chi connectivity index (χ2n) is 5.55. The highest BCUT2D eigenvalue weighted by Gasteiger charge is 2.16. The van der Waals surface area contributed by atoms with Crippen LogP contribution in [0.25, 0.3) is 0 Å². The van der Waals surface area contributed by atoms with E-state index in [1.165, 1.54) is 11.3 Å². The minimum absolute atomic E-state index is 0.329. The smallest absolute Gasteiger partial charge is 0.0637 e. The third-order valence-corrected chi connectivity index (χ3v) is 3.88. The monoisotopic (exact) mass is 342 g/mol. The lowest BCUT2D eigenvalue weighted by atomic mass is 10.0. The number of hydrogen-bond donors (Lipinski definition) is 1. The molecule has 1 N–H and O–H groups in total. The molecule has 1 aromatic carbocycles. The Labute approximate surface area is 131 Å². The lowest BCUT2D eigenvalue weighted by Gasteiger charge is -2.30. The number of methoxy groups -OCH3 is 1. The molecule has 4 heteroatoms. The molecule has 0 aliphatic carbocycles. The fourth-order valence-corrected chi connectivity index (χ4v) is 2.61. The van der Waals surface area contributed by atoms with Crippen molar-refractivity contribution in [2.45, 2.75) is 26.8 Å². The summed E-state index contributed by atoms with van der Waals surface area (Å²) < 4.78 is 6.38. The minimum Gasteiger partial charge on any atom is -0.383 e. The van der Waals surface area contributed by atoms with Crippen LogP contribution >= 0.6 is 15.9 Å². The number of nitrogens with zero attached hydrogens (tertiary/aromatic N) is 1. The highest BCUT2D eigenvalue weighted by atomic mass is 79.9. The fraction of sp³-hybridized carbons (Fsp3) is 0.625. The zero-order valence-corrected chi connectivity index (χ0v) is 14.8. The van der Waals surface area contributed by atoms with Gasteiger partial charge in [-0.05, 0) is 37.6 Å². The Morgan fingerprint density at radius 1 is 1.30 bits per heavy atom. The van der Waals surface area contributed by atoms with Gasteiger partial charge in [-0.1, -0.05) is 35.8 Å². The molecule has 0 aliphatic rings. The summed E-state index contributed by atoms with van der Waals surface area (Å²) in [5.74, 6) is 0.614. The van der Waals surface area contributed by atoms with E-state index >= 15 is 0 Å². The first-order valence-electron chi connectivity index (χ1n) is 7.20. The van der Waals surface area contributed by atoms with E-state index in [-0.39, 0.29) is 0 Å². The zero-order chi connectivity index (χ0) is 15.1. The first kappa shape index (κ1) is 17.5. The predicted octanol–water partition coefficient (Wildman–Crippen LogP) is 3.84. The van der Waals surface area contributed by atoms with Crippen molar-refractivity contribution < 1.29 is 4.74 Å². The van der Waals surface area contributed by atoms with Gasteiger partial charge in [0.05, 0.1) is 6.61 Å². The maximum atomic E-state index is 5.26. The molecule has 1 aromatic rings. The number of anilines is 1. The van der Waals surface area contributed by atoms with Gasteiger partial charge >= 0.3 is 0 Å². The second-order valence-corrected chi connectivity index (χ2v) is 6.46. The van der Waals surface area contributed by atoms with E-state index in [9.17, 15) is 0 Å².